The molecule has 1 aliphatic heterocycles. The second-order valence-electron chi connectivity index (χ2n) is 7.28. The number of fused-ring (bicyclic) bond motifs is 1. The number of ether oxygens (including phenoxy) is 2. The normalized spacial score (nSPS) is 15.4. The molecule has 0 saturated heterocycles. The van der Waals surface area contributed by atoms with Crippen LogP contribution in [0.15, 0.2) is 48.9 Å². The number of hydrogen-bond donors (Lipinski definition) is 1. The summed E-state index contributed by atoms with van der Waals surface area (Å²) >= 11 is 0. The van der Waals surface area contributed by atoms with Gasteiger partial charge in [0.05, 0.1) is 37.2 Å². The number of methoxy groups -OCH3 is 1. The van der Waals surface area contributed by atoms with E-state index in [0.717, 1.165) is 11.4 Å². The van der Waals surface area contributed by atoms with Crippen molar-refractivity contribution in [3.05, 3.63) is 70.9 Å². The van der Waals surface area contributed by atoms with E-state index >= 15 is 0 Å². The second-order valence-corrected chi connectivity index (χ2v) is 7.28. The van der Waals surface area contributed by atoms with Gasteiger partial charge in [0.1, 0.15) is 17.5 Å². The van der Waals surface area contributed by atoms with Gasteiger partial charge in [-0.3, -0.25) is 0 Å². The van der Waals surface area contributed by atoms with E-state index in [0.29, 0.717) is 41.9 Å². The predicted molar refractivity (Wildman–Crippen MR) is 111 cm³/mol. The lowest BCUT2D eigenvalue weighted by atomic mass is 10.1. The standard InChI is InChI=1S/C21H20N7O4/c1-13-11-26(12-22-13)17-7-6-16(23-21(17)31-2)19-24-20-18(32-9-8-27(20)25-19)14-4-3-5-15(10-14)28(29)30/h3-7,10-12,18H,8-9H2,1-2H3,(H,29,30)/q+1/t18-/m0/s1. The number of pyridine rings is 1. The summed E-state index contributed by atoms with van der Waals surface area (Å²) in [6, 6.07) is 10.3. The molecule has 11 heteroatoms. The van der Waals surface area contributed by atoms with Crippen molar-refractivity contribution in [2.45, 2.75) is 19.6 Å². The van der Waals surface area contributed by atoms with Crippen LogP contribution in [0.2, 0.25) is 0 Å². The SMILES string of the molecule is COc1nc(-c2nc3n(n2)CCO[C@H]3c2cccc([N+](=O)O)c2)ccc1-n1cnc(C)c1. The van der Waals surface area contributed by atoms with Gasteiger partial charge in [-0.05, 0) is 24.6 Å². The Hall–Kier alpha value is -4.12. The highest BCUT2D eigenvalue weighted by atomic mass is 16.6. The molecule has 0 unspecified atom stereocenters. The molecule has 1 aliphatic rings. The minimum Gasteiger partial charge on any atom is -0.479 e. The van der Waals surface area contributed by atoms with Crippen LogP contribution in [-0.4, -0.2) is 53.1 Å². The molecule has 0 fully saturated rings. The van der Waals surface area contributed by atoms with Crippen molar-refractivity contribution >= 4 is 5.69 Å². The molecule has 0 aliphatic carbocycles. The molecule has 32 heavy (non-hydrogen) atoms. The Morgan fingerprint density at radius 2 is 2.12 bits per heavy atom. The zero-order valence-corrected chi connectivity index (χ0v) is 17.4. The first-order valence-electron chi connectivity index (χ1n) is 9.92. The van der Waals surface area contributed by atoms with E-state index in [4.69, 9.17) is 9.47 Å². The lowest BCUT2D eigenvalue weighted by molar-refractivity contribution is -0.729. The molecule has 1 atom stereocenters. The van der Waals surface area contributed by atoms with Crippen molar-refractivity contribution in [2.75, 3.05) is 13.7 Å². The number of benzene rings is 1. The zero-order valence-electron chi connectivity index (χ0n) is 17.4. The van der Waals surface area contributed by atoms with Crippen molar-refractivity contribution in [2.24, 2.45) is 0 Å². The summed E-state index contributed by atoms with van der Waals surface area (Å²) < 4.78 is 15.0. The lowest BCUT2D eigenvalue weighted by Crippen LogP contribution is -2.23. The van der Waals surface area contributed by atoms with Gasteiger partial charge in [-0.1, -0.05) is 12.1 Å². The van der Waals surface area contributed by atoms with E-state index in [1.54, 1.807) is 30.3 Å². The molecule has 0 amide bonds. The Morgan fingerprint density at radius 3 is 2.88 bits per heavy atom. The molecule has 1 N–H and O–H groups in total. The number of rotatable bonds is 5. The number of hydrogen-bond acceptors (Lipinski definition) is 7. The molecule has 0 saturated carbocycles. The van der Waals surface area contributed by atoms with Crippen molar-refractivity contribution in [3.63, 3.8) is 0 Å². The average molecular weight is 434 g/mol. The molecule has 1 aromatic carbocycles. The second kappa shape index (κ2) is 7.85. The largest absolute Gasteiger partial charge is 0.479 e. The third-order valence-corrected chi connectivity index (χ3v) is 5.17. The van der Waals surface area contributed by atoms with Crippen LogP contribution in [0.25, 0.3) is 17.2 Å². The molecule has 0 bridgehead atoms. The van der Waals surface area contributed by atoms with Gasteiger partial charge in [0, 0.05) is 18.3 Å². The highest BCUT2D eigenvalue weighted by Crippen LogP contribution is 2.32. The fourth-order valence-corrected chi connectivity index (χ4v) is 3.66. The van der Waals surface area contributed by atoms with Crippen molar-refractivity contribution in [1.82, 2.24) is 29.3 Å². The summed E-state index contributed by atoms with van der Waals surface area (Å²) in [5.41, 5.74) is 2.99. The molecule has 0 spiro atoms. The van der Waals surface area contributed by atoms with Crippen molar-refractivity contribution in [3.8, 4) is 23.1 Å². The molecule has 3 aromatic heterocycles. The molecule has 4 heterocycles. The Kier molecular flexibility index (Phi) is 4.86. The fourth-order valence-electron chi connectivity index (χ4n) is 3.66. The molecular formula is C21H20N7O4+. The lowest BCUT2D eigenvalue weighted by Gasteiger charge is -2.22. The molecule has 5 rings (SSSR count). The number of nitrogens with zero attached hydrogens (tertiary/aromatic N) is 7. The maximum absolute atomic E-state index is 11.3. The van der Waals surface area contributed by atoms with Crippen molar-refractivity contribution < 1.29 is 19.6 Å². The van der Waals surface area contributed by atoms with Gasteiger partial charge in [-0.2, -0.15) is 0 Å². The van der Waals surface area contributed by atoms with E-state index < -0.39 is 6.10 Å². The Labute approximate surface area is 182 Å². The van der Waals surface area contributed by atoms with Gasteiger partial charge in [-0.15, -0.1) is 5.10 Å². The van der Waals surface area contributed by atoms with Gasteiger partial charge >= 0.3 is 5.69 Å². The third-order valence-electron chi connectivity index (χ3n) is 5.17. The monoisotopic (exact) mass is 434 g/mol. The zero-order chi connectivity index (χ0) is 22.2. The van der Waals surface area contributed by atoms with Gasteiger partial charge in [0.15, 0.2) is 11.6 Å². The van der Waals surface area contributed by atoms with E-state index in [1.165, 1.54) is 6.07 Å². The van der Waals surface area contributed by atoms with Crippen LogP contribution in [0.4, 0.5) is 5.69 Å². The van der Waals surface area contributed by atoms with Gasteiger partial charge in [0.25, 0.3) is 4.92 Å². The number of imidazole rings is 1. The Bertz CT molecular complexity index is 1310. The molecule has 11 nitrogen and oxygen atoms in total. The van der Waals surface area contributed by atoms with Crippen LogP contribution in [-0.2, 0) is 11.3 Å². The van der Waals surface area contributed by atoms with Gasteiger partial charge in [-0.25, -0.2) is 24.8 Å². The number of aromatic nitrogens is 6. The highest BCUT2D eigenvalue weighted by molar-refractivity contribution is 5.55. The van der Waals surface area contributed by atoms with Crippen LogP contribution >= 0.6 is 0 Å². The average Bonchev–Trinajstić information content (AvgIpc) is 3.44. The smallest absolute Gasteiger partial charge is 0.316 e. The van der Waals surface area contributed by atoms with Crippen molar-refractivity contribution in [1.29, 1.82) is 0 Å². The predicted octanol–water partition coefficient (Wildman–Crippen LogP) is 2.76. The van der Waals surface area contributed by atoms with Crippen LogP contribution in [0, 0.1) is 11.8 Å². The summed E-state index contributed by atoms with van der Waals surface area (Å²) in [5, 5.41) is 13.8. The summed E-state index contributed by atoms with van der Waals surface area (Å²) in [7, 11) is 1.56. The van der Waals surface area contributed by atoms with Crippen LogP contribution in [0.3, 0.4) is 0 Å². The Morgan fingerprint density at radius 1 is 1.25 bits per heavy atom. The molecule has 162 valence electrons. The topological polar surface area (TPSA) is 120 Å². The van der Waals surface area contributed by atoms with E-state index in [2.05, 4.69) is 20.1 Å². The fraction of sp³-hybridized carbons (Fsp3) is 0.238. The van der Waals surface area contributed by atoms with Crippen LogP contribution in [0.5, 0.6) is 5.88 Å². The van der Waals surface area contributed by atoms with Crippen LogP contribution < -0.4 is 4.74 Å². The maximum atomic E-state index is 11.3. The molecular weight excluding hydrogens is 414 g/mol. The number of aryl methyl sites for hydroxylation is 1. The first kappa shape index (κ1) is 19.8. The first-order valence-corrected chi connectivity index (χ1v) is 9.92. The van der Waals surface area contributed by atoms with E-state index in [-0.39, 0.29) is 10.6 Å². The first-order chi connectivity index (χ1) is 15.5. The molecule has 0 radical (unpaired) electrons. The third kappa shape index (κ3) is 3.48. The highest BCUT2D eigenvalue weighted by Gasteiger charge is 2.29. The summed E-state index contributed by atoms with van der Waals surface area (Å²) in [4.78, 5) is 24.6. The quantitative estimate of drug-likeness (QED) is 0.476. The summed E-state index contributed by atoms with van der Waals surface area (Å²) in [6.07, 6.45) is 3.06. The Balaban J connectivity index is 1.52. The van der Waals surface area contributed by atoms with Gasteiger partial charge in [0.2, 0.25) is 5.88 Å². The minimum absolute atomic E-state index is 0.111. The van der Waals surface area contributed by atoms with E-state index in [1.807, 2.05) is 35.9 Å². The molecule has 4 aromatic rings. The van der Waals surface area contributed by atoms with Crippen LogP contribution in [0.1, 0.15) is 23.2 Å². The summed E-state index contributed by atoms with van der Waals surface area (Å²) in [6.45, 7) is 2.88. The maximum Gasteiger partial charge on any atom is 0.316 e. The minimum atomic E-state index is -0.528. The van der Waals surface area contributed by atoms with Gasteiger partial charge < -0.3 is 14.0 Å². The van der Waals surface area contributed by atoms with E-state index in [9.17, 15) is 10.1 Å². The summed E-state index contributed by atoms with van der Waals surface area (Å²) in [5.74, 6) is 1.45.